The summed E-state index contributed by atoms with van der Waals surface area (Å²) >= 11 is 0. The van der Waals surface area contributed by atoms with Crippen molar-refractivity contribution >= 4 is 0 Å². The van der Waals surface area contributed by atoms with E-state index in [0.717, 1.165) is 26.1 Å². The molecule has 0 aromatic rings. The number of hydrogen-bond donors (Lipinski definition) is 1. The molecule has 1 heterocycles. The quantitative estimate of drug-likeness (QED) is 0.777. The van der Waals surface area contributed by atoms with Gasteiger partial charge in [-0.05, 0) is 26.7 Å². The average Bonchev–Trinajstić information content (AvgIpc) is 2.30. The molecule has 1 aliphatic heterocycles. The molecule has 0 saturated carbocycles. The van der Waals surface area contributed by atoms with Crippen molar-refractivity contribution in [2.45, 2.75) is 71.1 Å². The number of rotatable bonds is 6. The van der Waals surface area contributed by atoms with Gasteiger partial charge in [0.15, 0.2) is 0 Å². The first-order valence-corrected chi connectivity index (χ1v) is 7.18. The number of hydrogen-bond acceptors (Lipinski definition) is 3. The van der Waals surface area contributed by atoms with Crippen LogP contribution in [0, 0.1) is 0 Å². The maximum atomic E-state index is 6.10. The molecule has 3 atom stereocenters. The largest absolute Gasteiger partial charge is 0.373 e. The van der Waals surface area contributed by atoms with Gasteiger partial charge in [0.25, 0.3) is 0 Å². The van der Waals surface area contributed by atoms with E-state index in [1.54, 1.807) is 0 Å². The lowest BCUT2D eigenvalue weighted by atomic mass is 9.86. The zero-order chi connectivity index (χ0) is 12.9. The van der Waals surface area contributed by atoms with Crippen LogP contribution in [-0.4, -0.2) is 42.3 Å². The summed E-state index contributed by atoms with van der Waals surface area (Å²) in [6, 6.07) is 0. The minimum atomic E-state index is 0.197. The van der Waals surface area contributed by atoms with Gasteiger partial charge in [-0.25, -0.2) is 0 Å². The Balaban J connectivity index is 2.73. The van der Waals surface area contributed by atoms with Gasteiger partial charge in [-0.15, -0.1) is 0 Å². The Bertz CT molecular complexity index is 206. The smallest absolute Gasteiger partial charge is 0.0678 e. The van der Waals surface area contributed by atoms with E-state index in [9.17, 15) is 0 Å². The summed E-state index contributed by atoms with van der Waals surface area (Å²) < 4.78 is 5.82. The van der Waals surface area contributed by atoms with Crippen LogP contribution in [-0.2, 0) is 4.74 Å². The van der Waals surface area contributed by atoms with Gasteiger partial charge in [-0.2, -0.15) is 0 Å². The lowest BCUT2D eigenvalue weighted by Crippen LogP contribution is -2.60. The van der Waals surface area contributed by atoms with Crippen LogP contribution in [0.3, 0.4) is 0 Å². The lowest BCUT2D eigenvalue weighted by Gasteiger charge is -2.48. The van der Waals surface area contributed by atoms with E-state index < -0.39 is 0 Å². The molecule has 1 fully saturated rings. The molecule has 0 aromatic heterocycles. The zero-order valence-corrected chi connectivity index (χ0v) is 12.0. The SMILES string of the molecule is CCCCC(CC)(CN)N1CC(C)OC(C)C1. The molecule has 2 N–H and O–H groups in total. The molecule has 0 aliphatic carbocycles. The van der Waals surface area contributed by atoms with Crippen LogP contribution in [0.2, 0.25) is 0 Å². The van der Waals surface area contributed by atoms with Gasteiger partial charge in [-0.3, -0.25) is 4.90 Å². The topological polar surface area (TPSA) is 38.5 Å². The Kier molecular flexibility index (Phi) is 5.90. The second-order valence-electron chi connectivity index (χ2n) is 5.55. The highest BCUT2D eigenvalue weighted by Gasteiger charge is 2.37. The standard InChI is InChI=1S/C14H30N2O/c1-5-7-8-14(6-2,11-15)16-9-12(3)17-13(4)10-16/h12-13H,5-11,15H2,1-4H3. The number of nitrogens with two attached hydrogens (primary N) is 1. The van der Waals surface area contributed by atoms with Gasteiger partial charge < -0.3 is 10.5 Å². The summed E-state index contributed by atoms with van der Waals surface area (Å²) in [5.74, 6) is 0. The van der Waals surface area contributed by atoms with E-state index in [2.05, 4.69) is 32.6 Å². The second kappa shape index (κ2) is 6.72. The van der Waals surface area contributed by atoms with Crippen LogP contribution in [0.4, 0.5) is 0 Å². The Morgan fingerprint density at radius 3 is 2.24 bits per heavy atom. The van der Waals surface area contributed by atoms with Crippen LogP contribution in [0.1, 0.15) is 53.4 Å². The number of ether oxygens (including phenoxy) is 1. The van der Waals surface area contributed by atoms with E-state index in [1.807, 2.05) is 0 Å². The van der Waals surface area contributed by atoms with Crippen LogP contribution in [0.25, 0.3) is 0 Å². The van der Waals surface area contributed by atoms with Gasteiger partial charge in [0.2, 0.25) is 0 Å². The van der Waals surface area contributed by atoms with E-state index in [0.29, 0.717) is 12.2 Å². The molecule has 0 aromatic carbocycles. The molecule has 17 heavy (non-hydrogen) atoms. The number of nitrogens with zero attached hydrogens (tertiary/aromatic N) is 1. The maximum Gasteiger partial charge on any atom is 0.0678 e. The van der Waals surface area contributed by atoms with E-state index in [4.69, 9.17) is 10.5 Å². The molecule has 1 rings (SSSR count). The van der Waals surface area contributed by atoms with Crippen molar-refractivity contribution in [1.29, 1.82) is 0 Å². The highest BCUT2D eigenvalue weighted by molar-refractivity contribution is 4.93. The summed E-state index contributed by atoms with van der Waals surface area (Å²) in [6.07, 6.45) is 5.54. The highest BCUT2D eigenvalue weighted by Crippen LogP contribution is 2.28. The first-order chi connectivity index (χ1) is 8.07. The van der Waals surface area contributed by atoms with Crippen molar-refractivity contribution in [1.82, 2.24) is 4.90 Å². The molecule has 0 radical (unpaired) electrons. The van der Waals surface area contributed by atoms with Crippen molar-refractivity contribution in [3.63, 3.8) is 0 Å². The Labute approximate surface area is 107 Å². The maximum absolute atomic E-state index is 6.10. The predicted octanol–water partition coefficient (Wildman–Crippen LogP) is 2.39. The van der Waals surface area contributed by atoms with Crippen molar-refractivity contribution in [2.24, 2.45) is 5.73 Å². The van der Waals surface area contributed by atoms with E-state index >= 15 is 0 Å². The third-order valence-electron chi connectivity index (χ3n) is 4.12. The third-order valence-corrected chi connectivity index (χ3v) is 4.12. The van der Waals surface area contributed by atoms with Crippen molar-refractivity contribution in [3.05, 3.63) is 0 Å². The van der Waals surface area contributed by atoms with Crippen molar-refractivity contribution < 1.29 is 4.74 Å². The van der Waals surface area contributed by atoms with Crippen molar-refractivity contribution in [2.75, 3.05) is 19.6 Å². The fourth-order valence-electron chi connectivity index (χ4n) is 3.01. The van der Waals surface area contributed by atoms with Crippen LogP contribution in [0.5, 0.6) is 0 Å². The summed E-state index contributed by atoms with van der Waals surface area (Å²) in [4.78, 5) is 2.58. The average molecular weight is 242 g/mol. The Hall–Kier alpha value is -0.120. The zero-order valence-electron chi connectivity index (χ0n) is 12.0. The van der Waals surface area contributed by atoms with Gasteiger partial charge in [0.05, 0.1) is 12.2 Å². The molecule has 0 bridgehead atoms. The monoisotopic (exact) mass is 242 g/mol. The van der Waals surface area contributed by atoms with Gasteiger partial charge in [-0.1, -0.05) is 26.7 Å². The van der Waals surface area contributed by atoms with Gasteiger partial charge in [0, 0.05) is 25.2 Å². The molecule has 1 aliphatic rings. The first kappa shape index (κ1) is 14.9. The van der Waals surface area contributed by atoms with E-state index in [-0.39, 0.29) is 5.54 Å². The van der Waals surface area contributed by atoms with Gasteiger partial charge >= 0.3 is 0 Å². The molecule has 3 nitrogen and oxygen atoms in total. The molecule has 3 unspecified atom stereocenters. The van der Waals surface area contributed by atoms with Crippen LogP contribution >= 0.6 is 0 Å². The van der Waals surface area contributed by atoms with E-state index in [1.165, 1.54) is 19.3 Å². The Morgan fingerprint density at radius 2 is 1.82 bits per heavy atom. The molecule has 3 heteroatoms. The fraction of sp³-hybridized carbons (Fsp3) is 1.00. The normalized spacial score (nSPS) is 30.2. The van der Waals surface area contributed by atoms with Crippen LogP contribution < -0.4 is 5.73 Å². The number of unbranched alkanes of at least 4 members (excludes halogenated alkanes) is 1. The van der Waals surface area contributed by atoms with Crippen LogP contribution in [0.15, 0.2) is 0 Å². The summed E-state index contributed by atoms with van der Waals surface area (Å²) in [7, 11) is 0. The second-order valence-corrected chi connectivity index (χ2v) is 5.55. The summed E-state index contributed by atoms with van der Waals surface area (Å²) in [5.41, 5.74) is 6.30. The molecule has 0 amide bonds. The summed E-state index contributed by atoms with van der Waals surface area (Å²) in [6.45, 7) is 11.7. The predicted molar refractivity (Wildman–Crippen MR) is 73.2 cm³/mol. The minimum absolute atomic E-state index is 0.197. The number of morpholine rings is 1. The lowest BCUT2D eigenvalue weighted by molar-refractivity contribution is -0.103. The fourth-order valence-corrected chi connectivity index (χ4v) is 3.01. The molecular formula is C14H30N2O. The molecule has 102 valence electrons. The Morgan fingerprint density at radius 1 is 1.24 bits per heavy atom. The molecular weight excluding hydrogens is 212 g/mol. The first-order valence-electron chi connectivity index (χ1n) is 7.18. The van der Waals surface area contributed by atoms with Crippen molar-refractivity contribution in [3.8, 4) is 0 Å². The molecule has 0 spiro atoms. The molecule has 1 saturated heterocycles. The minimum Gasteiger partial charge on any atom is -0.373 e. The van der Waals surface area contributed by atoms with Gasteiger partial charge in [0.1, 0.15) is 0 Å². The summed E-state index contributed by atoms with van der Waals surface area (Å²) in [5, 5.41) is 0. The third kappa shape index (κ3) is 3.67. The highest BCUT2D eigenvalue weighted by atomic mass is 16.5.